The fourth-order valence-electron chi connectivity index (χ4n) is 1.28. The SMILES string of the molecule is C=CC(=Cc1nc(C)[nH]c1C)N(C)C. The molecule has 0 aliphatic rings. The van der Waals surface area contributed by atoms with Crippen molar-refractivity contribution in [3.8, 4) is 0 Å². The van der Waals surface area contributed by atoms with Crippen LogP contribution < -0.4 is 0 Å². The molecule has 0 aliphatic heterocycles. The predicted molar refractivity (Wildman–Crippen MR) is 59.9 cm³/mol. The summed E-state index contributed by atoms with van der Waals surface area (Å²) in [5.41, 5.74) is 3.12. The summed E-state index contributed by atoms with van der Waals surface area (Å²) in [6.45, 7) is 7.74. The maximum atomic E-state index is 4.37. The lowest BCUT2D eigenvalue weighted by Gasteiger charge is -2.12. The first-order valence-electron chi connectivity index (χ1n) is 4.59. The van der Waals surface area contributed by atoms with Gasteiger partial charge in [0.2, 0.25) is 0 Å². The number of aromatic nitrogens is 2. The number of H-pyrrole nitrogens is 1. The summed E-state index contributed by atoms with van der Waals surface area (Å²) < 4.78 is 0. The fourth-order valence-corrected chi connectivity index (χ4v) is 1.28. The van der Waals surface area contributed by atoms with Crippen LogP contribution in [0.3, 0.4) is 0 Å². The fraction of sp³-hybridized carbons (Fsp3) is 0.364. The summed E-state index contributed by atoms with van der Waals surface area (Å²) in [7, 11) is 3.98. The first-order chi connectivity index (χ1) is 6.54. The Bertz CT molecular complexity index is 359. The Morgan fingerprint density at radius 1 is 1.43 bits per heavy atom. The number of aryl methyl sites for hydroxylation is 2. The van der Waals surface area contributed by atoms with Crippen LogP contribution in [0.2, 0.25) is 0 Å². The molecule has 1 heterocycles. The molecule has 0 saturated carbocycles. The number of hydrogen-bond acceptors (Lipinski definition) is 2. The molecule has 1 aromatic heterocycles. The van der Waals surface area contributed by atoms with E-state index in [0.29, 0.717) is 0 Å². The van der Waals surface area contributed by atoms with Crippen LogP contribution in [0.15, 0.2) is 18.4 Å². The van der Waals surface area contributed by atoms with Crippen LogP contribution in [-0.4, -0.2) is 29.0 Å². The van der Waals surface area contributed by atoms with Crippen molar-refractivity contribution in [2.45, 2.75) is 13.8 Å². The second-order valence-electron chi connectivity index (χ2n) is 3.50. The van der Waals surface area contributed by atoms with Gasteiger partial charge in [0.1, 0.15) is 5.82 Å². The smallest absolute Gasteiger partial charge is 0.103 e. The highest BCUT2D eigenvalue weighted by atomic mass is 15.1. The van der Waals surface area contributed by atoms with Gasteiger partial charge < -0.3 is 9.88 Å². The first kappa shape index (κ1) is 10.6. The molecule has 76 valence electrons. The standard InChI is InChI=1S/C11H17N3/c1-6-10(14(4)5)7-11-8(2)12-9(3)13-11/h6-7H,1H2,2-5H3,(H,12,13). The monoisotopic (exact) mass is 191 g/mol. The average molecular weight is 191 g/mol. The largest absolute Gasteiger partial charge is 0.378 e. The molecule has 0 radical (unpaired) electrons. The molecule has 1 N–H and O–H groups in total. The van der Waals surface area contributed by atoms with Crippen molar-refractivity contribution in [3.05, 3.63) is 35.6 Å². The topological polar surface area (TPSA) is 31.9 Å². The number of hydrogen-bond donors (Lipinski definition) is 1. The normalized spacial score (nSPS) is 11.6. The minimum Gasteiger partial charge on any atom is -0.378 e. The minimum atomic E-state index is 0.941. The Balaban J connectivity index is 3.05. The summed E-state index contributed by atoms with van der Waals surface area (Å²) >= 11 is 0. The van der Waals surface area contributed by atoms with Crippen LogP contribution in [0.5, 0.6) is 0 Å². The summed E-state index contributed by atoms with van der Waals surface area (Å²) in [5.74, 6) is 0.941. The van der Waals surface area contributed by atoms with Gasteiger partial charge >= 0.3 is 0 Å². The van der Waals surface area contributed by atoms with Crippen molar-refractivity contribution in [1.82, 2.24) is 14.9 Å². The van der Waals surface area contributed by atoms with Crippen molar-refractivity contribution in [1.29, 1.82) is 0 Å². The van der Waals surface area contributed by atoms with Crippen LogP contribution in [-0.2, 0) is 0 Å². The van der Waals surface area contributed by atoms with E-state index in [-0.39, 0.29) is 0 Å². The van der Waals surface area contributed by atoms with Crippen LogP contribution in [0.1, 0.15) is 17.2 Å². The number of nitrogens with zero attached hydrogens (tertiary/aromatic N) is 2. The maximum absolute atomic E-state index is 4.37. The van der Waals surface area contributed by atoms with E-state index in [0.717, 1.165) is 22.9 Å². The van der Waals surface area contributed by atoms with Gasteiger partial charge in [-0.05, 0) is 26.0 Å². The maximum Gasteiger partial charge on any atom is 0.103 e. The van der Waals surface area contributed by atoms with E-state index in [1.54, 1.807) is 0 Å². The molecule has 0 fully saturated rings. The minimum absolute atomic E-state index is 0.941. The quantitative estimate of drug-likeness (QED) is 0.742. The Labute approximate surface area is 85.2 Å². The van der Waals surface area contributed by atoms with Gasteiger partial charge in [-0.3, -0.25) is 0 Å². The van der Waals surface area contributed by atoms with Crippen molar-refractivity contribution in [3.63, 3.8) is 0 Å². The molecule has 0 saturated heterocycles. The lowest BCUT2D eigenvalue weighted by Crippen LogP contribution is -2.08. The zero-order valence-electron chi connectivity index (χ0n) is 9.26. The molecule has 0 aliphatic carbocycles. The molecule has 14 heavy (non-hydrogen) atoms. The summed E-state index contributed by atoms with van der Waals surface area (Å²) in [6, 6.07) is 0. The van der Waals surface area contributed by atoms with Crippen LogP contribution >= 0.6 is 0 Å². The zero-order chi connectivity index (χ0) is 10.7. The third kappa shape index (κ3) is 2.25. The Morgan fingerprint density at radius 3 is 2.43 bits per heavy atom. The molecule has 3 nitrogen and oxygen atoms in total. The van der Waals surface area contributed by atoms with E-state index in [9.17, 15) is 0 Å². The van der Waals surface area contributed by atoms with Gasteiger partial charge in [-0.15, -0.1) is 0 Å². The molecule has 0 amide bonds. The zero-order valence-corrected chi connectivity index (χ0v) is 9.26. The number of likely N-dealkylation sites (N-methyl/N-ethyl adjacent to an activating group) is 1. The molecule has 0 bridgehead atoms. The molecule has 1 rings (SSSR count). The van der Waals surface area contributed by atoms with Gasteiger partial charge in [0.05, 0.1) is 5.69 Å². The Kier molecular flexibility index (Phi) is 3.12. The van der Waals surface area contributed by atoms with Crippen molar-refractivity contribution in [2.24, 2.45) is 0 Å². The number of rotatable bonds is 3. The van der Waals surface area contributed by atoms with Crippen molar-refractivity contribution in [2.75, 3.05) is 14.1 Å². The highest BCUT2D eigenvalue weighted by molar-refractivity contribution is 5.53. The molecular weight excluding hydrogens is 174 g/mol. The van der Waals surface area contributed by atoms with Gasteiger partial charge in [-0.25, -0.2) is 4.98 Å². The molecule has 3 heteroatoms. The van der Waals surface area contributed by atoms with Gasteiger partial charge in [0, 0.05) is 25.5 Å². The molecule has 0 atom stereocenters. The predicted octanol–water partition coefficient (Wildman–Crippen LogP) is 2.12. The van der Waals surface area contributed by atoms with E-state index < -0.39 is 0 Å². The van der Waals surface area contributed by atoms with E-state index in [1.165, 1.54) is 0 Å². The number of imidazole rings is 1. The summed E-state index contributed by atoms with van der Waals surface area (Å²) in [4.78, 5) is 9.55. The Morgan fingerprint density at radius 2 is 2.07 bits per heavy atom. The molecular formula is C11H17N3. The third-order valence-corrected chi connectivity index (χ3v) is 2.05. The molecule has 0 unspecified atom stereocenters. The molecule has 1 aromatic rings. The van der Waals surface area contributed by atoms with Gasteiger partial charge in [-0.1, -0.05) is 6.58 Å². The van der Waals surface area contributed by atoms with E-state index in [2.05, 4.69) is 16.5 Å². The van der Waals surface area contributed by atoms with Crippen LogP contribution in [0, 0.1) is 13.8 Å². The van der Waals surface area contributed by atoms with Crippen molar-refractivity contribution < 1.29 is 0 Å². The van der Waals surface area contributed by atoms with Gasteiger partial charge in [0.25, 0.3) is 0 Å². The highest BCUT2D eigenvalue weighted by Crippen LogP contribution is 2.11. The highest BCUT2D eigenvalue weighted by Gasteiger charge is 2.02. The number of aromatic amines is 1. The summed E-state index contributed by atoms with van der Waals surface area (Å²) in [5, 5.41) is 0. The Hall–Kier alpha value is -1.51. The van der Waals surface area contributed by atoms with Gasteiger partial charge in [0.15, 0.2) is 0 Å². The van der Waals surface area contributed by atoms with Crippen molar-refractivity contribution >= 4 is 6.08 Å². The lowest BCUT2D eigenvalue weighted by molar-refractivity contribution is 0.534. The summed E-state index contributed by atoms with van der Waals surface area (Å²) in [6.07, 6.45) is 3.84. The van der Waals surface area contributed by atoms with E-state index >= 15 is 0 Å². The number of allylic oxidation sites excluding steroid dienone is 1. The molecule has 0 spiro atoms. The first-order valence-corrected chi connectivity index (χ1v) is 4.59. The molecule has 0 aromatic carbocycles. The van der Waals surface area contributed by atoms with E-state index in [1.807, 2.05) is 45.0 Å². The average Bonchev–Trinajstić information content (AvgIpc) is 2.40. The second kappa shape index (κ2) is 4.13. The number of nitrogens with one attached hydrogen (secondary N) is 1. The van der Waals surface area contributed by atoms with Gasteiger partial charge in [-0.2, -0.15) is 0 Å². The van der Waals surface area contributed by atoms with Crippen LogP contribution in [0.25, 0.3) is 6.08 Å². The third-order valence-electron chi connectivity index (χ3n) is 2.05. The van der Waals surface area contributed by atoms with Crippen LogP contribution in [0.4, 0.5) is 0 Å². The van der Waals surface area contributed by atoms with E-state index in [4.69, 9.17) is 0 Å². The lowest BCUT2D eigenvalue weighted by atomic mass is 10.2. The second-order valence-corrected chi connectivity index (χ2v) is 3.50.